The van der Waals surface area contributed by atoms with Crippen molar-refractivity contribution in [2.24, 2.45) is 0 Å². The third-order valence-electron chi connectivity index (χ3n) is 1.38. The minimum Gasteiger partial charge on any atom is -0.383 e. The predicted octanol–water partition coefficient (Wildman–Crippen LogP) is -0.975. The first kappa shape index (κ1) is 13.6. The molecule has 0 saturated heterocycles. The van der Waals surface area contributed by atoms with Gasteiger partial charge in [0.15, 0.2) is 0 Å². The summed E-state index contributed by atoms with van der Waals surface area (Å²) in [6, 6.07) is 0. The number of ether oxygens (including phenoxy) is 2. The molecule has 0 spiro atoms. The third kappa shape index (κ3) is 8.92. The lowest BCUT2D eigenvalue weighted by Crippen LogP contribution is -2.27. The summed E-state index contributed by atoms with van der Waals surface area (Å²) < 4.78 is 9.35. The van der Waals surface area contributed by atoms with Crippen LogP contribution < -0.4 is 10.6 Å². The van der Waals surface area contributed by atoms with Crippen LogP contribution in [0.3, 0.4) is 0 Å². The van der Waals surface area contributed by atoms with Gasteiger partial charge in [0.05, 0.1) is 6.61 Å². The molecule has 0 aliphatic carbocycles. The summed E-state index contributed by atoms with van der Waals surface area (Å²) in [6.07, 6.45) is 2.29. The van der Waals surface area contributed by atoms with Gasteiger partial charge in [-0.25, -0.2) is 0 Å². The number of rotatable bonds is 7. The number of hydrogen-bond acceptors (Lipinski definition) is 4. The lowest BCUT2D eigenvalue weighted by molar-refractivity contribution is -0.119. The highest BCUT2D eigenvalue weighted by Gasteiger charge is 1.96. The van der Waals surface area contributed by atoms with Crippen molar-refractivity contribution in [3.05, 3.63) is 12.2 Å². The van der Waals surface area contributed by atoms with E-state index >= 15 is 0 Å². The summed E-state index contributed by atoms with van der Waals surface area (Å²) in [5.41, 5.74) is 0. The average molecular weight is 216 g/mol. The molecule has 0 unspecified atom stereocenters. The Morgan fingerprint density at radius 2 is 1.67 bits per heavy atom. The number of amides is 2. The van der Waals surface area contributed by atoms with E-state index in [9.17, 15) is 9.59 Å². The Balaban J connectivity index is 3.65. The van der Waals surface area contributed by atoms with E-state index < -0.39 is 0 Å². The second-order valence-electron chi connectivity index (χ2n) is 2.59. The molecule has 0 radical (unpaired) electrons. The summed E-state index contributed by atoms with van der Waals surface area (Å²) >= 11 is 0. The van der Waals surface area contributed by atoms with E-state index in [1.54, 1.807) is 7.11 Å². The fraction of sp³-hybridized carbons (Fsp3) is 0.556. The molecule has 0 heterocycles. The number of carbonyl (C=O) groups excluding carboxylic acids is 2. The molecule has 0 saturated carbocycles. The summed E-state index contributed by atoms with van der Waals surface area (Å²) in [5.74, 6) is -0.710. The normalized spacial score (nSPS) is 10.3. The van der Waals surface area contributed by atoms with Crippen molar-refractivity contribution < 1.29 is 19.1 Å². The molecule has 0 aromatic rings. The number of carbonyl (C=O) groups is 2. The van der Waals surface area contributed by atoms with Gasteiger partial charge in [0.25, 0.3) is 0 Å². The first-order chi connectivity index (χ1) is 7.20. The van der Waals surface area contributed by atoms with Crippen LogP contribution in [0.15, 0.2) is 12.2 Å². The van der Waals surface area contributed by atoms with Crippen molar-refractivity contribution in [2.45, 2.75) is 0 Å². The largest absolute Gasteiger partial charge is 0.383 e. The number of nitrogens with one attached hydrogen (secondary N) is 2. The van der Waals surface area contributed by atoms with E-state index in [0.29, 0.717) is 13.2 Å². The monoisotopic (exact) mass is 216 g/mol. The Kier molecular flexibility index (Phi) is 8.31. The van der Waals surface area contributed by atoms with E-state index in [2.05, 4.69) is 15.4 Å². The highest BCUT2D eigenvalue weighted by molar-refractivity contribution is 5.96. The molecule has 0 aliphatic heterocycles. The molecular formula is C9H16N2O4. The molecule has 2 N–H and O–H groups in total. The summed E-state index contributed by atoms with van der Waals surface area (Å²) in [7, 11) is 3.00. The predicted molar refractivity (Wildman–Crippen MR) is 54.0 cm³/mol. The van der Waals surface area contributed by atoms with Crippen molar-refractivity contribution in [3.8, 4) is 0 Å². The maximum absolute atomic E-state index is 11.0. The topological polar surface area (TPSA) is 76.7 Å². The van der Waals surface area contributed by atoms with Gasteiger partial charge in [0, 0.05) is 32.9 Å². The molecule has 0 aromatic carbocycles. The molecule has 0 aliphatic rings. The van der Waals surface area contributed by atoms with Crippen LogP contribution in [0, 0.1) is 0 Å². The fourth-order valence-corrected chi connectivity index (χ4v) is 0.689. The van der Waals surface area contributed by atoms with Crippen LogP contribution in [-0.4, -0.2) is 45.9 Å². The fourth-order valence-electron chi connectivity index (χ4n) is 0.689. The summed E-state index contributed by atoms with van der Waals surface area (Å²) in [4.78, 5) is 22.0. The first-order valence-corrected chi connectivity index (χ1v) is 4.42. The molecule has 0 aromatic heterocycles. The molecule has 0 atom stereocenters. The molecule has 6 heteroatoms. The van der Waals surface area contributed by atoms with Crippen molar-refractivity contribution in [3.63, 3.8) is 0 Å². The maximum atomic E-state index is 11.0. The van der Waals surface area contributed by atoms with Crippen LogP contribution in [0.2, 0.25) is 0 Å². The highest BCUT2D eigenvalue weighted by Crippen LogP contribution is 1.76. The van der Waals surface area contributed by atoms with Crippen molar-refractivity contribution in [1.29, 1.82) is 0 Å². The number of methoxy groups -OCH3 is 2. The molecule has 2 amide bonds. The zero-order valence-corrected chi connectivity index (χ0v) is 8.91. The Labute approximate surface area is 88.6 Å². The minimum absolute atomic E-state index is 0.120. The molecule has 6 nitrogen and oxygen atoms in total. The van der Waals surface area contributed by atoms with E-state index in [1.165, 1.54) is 7.11 Å². The van der Waals surface area contributed by atoms with E-state index in [1.807, 2.05) is 0 Å². The molecule has 0 bridgehead atoms. The van der Waals surface area contributed by atoms with Gasteiger partial charge in [-0.2, -0.15) is 0 Å². The molecule has 86 valence electrons. The van der Waals surface area contributed by atoms with Crippen LogP contribution >= 0.6 is 0 Å². The van der Waals surface area contributed by atoms with Crippen LogP contribution in [0.4, 0.5) is 0 Å². The average Bonchev–Trinajstić information content (AvgIpc) is 2.24. The van der Waals surface area contributed by atoms with Gasteiger partial charge < -0.3 is 20.1 Å². The summed E-state index contributed by atoms with van der Waals surface area (Å²) in [6.45, 7) is 0.975. The lowest BCUT2D eigenvalue weighted by Gasteiger charge is -2.00. The number of hydrogen-bond donors (Lipinski definition) is 2. The SMILES string of the molecule is COCCNC(=O)C=CC(=O)NCOC. The Morgan fingerprint density at radius 3 is 2.20 bits per heavy atom. The molecular weight excluding hydrogens is 200 g/mol. The third-order valence-corrected chi connectivity index (χ3v) is 1.38. The van der Waals surface area contributed by atoms with Crippen molar-refractivity contribution in [2.75, 3.05) is 34.1 Å². The highest BCUT2D eigenvalue weighted by atomic mass is 16.5. The van der Waals surface area contributed by atoms with Crippen LogP contribution in [-0.2, 0) is 19.1 Å². The Morgan fingerprint density at radius 1 is 1.07 bits per heavy atom. The zero-order chi connectivity index (χ0) is 11.5. The minimum atomic E-state index is -0.376. The van der Waals surface area contributed by atoms with Crippen molar-refractivity contribution >= 4 is 11.8 Å². The quantitative estimate of drug-likeness (QED) is 0.326. The van der Waals surface area contributed by atoms with Crippen LogP contribution in [0.1, 0.15) is 0 Å². The Bertz CT molecular complexity index is 228. The maximum Gasteiger partial charge on any atom is 0.245 e. The molecule has 0 rings (SSSR count). The second kappa shape index (κ2) is 9.17. The van der Waals surface area contributed by atoms with Crippen molar-refractivity contribution in [1.82, 2.24) is 10.6 Å². The van der Waals surface area contributed by atoms with Gasteiger partial charge in [0.1, 0.15) is 6.73 Å². The van der Waals surface area contributed by atoms with E-state index in [0.717, 1.165) is 12.2 Å². The smallest absolute Gasteiger partial charge is 0.245 e. The van der Waals surface area contributed by atoms with Gasteiger partial charge >= 0.3 is 0 Å². The molecule has 15 heavy (non-hydrogen) atoms. The van der Waals surface area contributed by atoms with Crippen LogP contribution in [0.5, 0.6) is 0 Å². The van der Waals surface area contributed by atoms with Gasteiger partial charge in [-0.3, -0.25) is 9.59 Å². The van der Waals surface area contributed by atoms with Gasteiger partial charge in [-0.1, -0.05) is 0 Å². The second-order valence-corrected chi connectivity index (χ2v) is 2.59. The summed E-state index contributed by atoms with van der Waals surface area (Å²) in [5, 5.41) is 4.94. The Hall–Kier alpha value is -1.40. The lowest BCUT2D eigenvalue weighted by atomic mass is 10.4. The van der Waals surface area contributed by atoms with Gasteiger partial charge in [0.2, 0.25) is 11.8 Å². The first-order valence-electron chi connectivity index (χ1n) is 4.42. The zero-order valence-electron chi connectivity index (χ0n) is 8.91. The van der Waals surface area contributed by atoms with Gasteiger partial charge in [-0.05, 0) is 0 Å². The standard InChI is InChI=1S/C9H16N2O4/c1-14-6-5-10-8(12)3-4-9(13)11-7-15-2/h3-4H,5-7H2,1-2H3,(H,10,12)(H,11,13). The van der Waals surface area contributed by atoms with Gasteiger partial charge in [-0.15, -0.1) is 0 Å². The van der Waals surface area contributed by atoms with E-state index in [-0.39, 0.29) is 18.5 Å². The van der Waals surface area contributed by atoms with E-state index in [4.69, 9.17) is 4.74 Å². The van der Waals surface area contributed by atoms with Crippen LogP contribution in [0.25, 0.3) is 0 Å². The molecule has 0 fully saturated rings.